The molecular formula is C16H16N4O4. The van der Waals surface area contributed by atoms with Crippen molar-refractivity contribution in [2.24, 2.45) is 0 Å². The lowest BCUT2D eigenvalue weighted by atomic mass is 10.1. The molecule has 0 unspecified atom stereocenters. The molecule has 0 radical (unpaired) electrons. The monoisotopic (exact) mass is 328 g/mol. The van der Waals surface area contributed by atoms with Gasteiger partial charge in [-0.1, -0.05) is 6.07 Å². The van der Waals surface area contributed by atoms with Gasteiger partial charge in [-0.05, 0) is 36.8 Å². The second-order valence-electron chi connectivity index (χ2n) is 5.14. The highest BCUT2D eigenvalue weighted by molar-refractivity contribution is 6.06. The third kappa shape index (κ3) is 3.67. The van der Waals surface area contributed by atoms with Crippen LogP contribution in [0.2, 0.25) is 0 Å². The van der Waals surface area contributed by atoms with Crippen molar-refractivity contribution in [3.05, 3.63) is 57.6 Å². The number of carbonyl (C=O) groups excluding carboxylic acids is 2. The highest BCUT2D eigenvalue weighted by Gasteiger charge is 2.16. The van der Waals surface area contributed by atoms with E-state index in [0.717, 1.165) is 6.07 Å². The number of hydrogen-bond acceptors (Lipinski definition) is 5. The van der Waals surface area contributed by atoms with Gasteiger partial charge >= 0.3 is 0 Å². The molecule has 2 aromatic rings. The number of nitrogen functional groups attached to an aromatic ring is 1. The molecule has 0 saturated heterocycles. The molecule has 0 bridgehead atoms. The van der Waals surface area contributed by atoms with Gasteiger partial charge in [-0.3, -0.25) is 19.7 Å². The van der Waals surface area contributed by atoms with Crippen molar-refractivity contribution in [2.75, 3.05) is 16.4 Å². The van der Waals surface area contributed by atoms with E-state index in [2.05, 4.69) is 10.6 Å². The number of carbonyl (C=O) groups is 2. The summed E-state index contributed by atoms with van der Waals surface area (Å²) >= 11 is 0. The molecule has 4 N–H and O–H groups in total. The predicted molar refractivity (Wildman–Crippen MR) is 90.9 cm³/mol. The number of nitrogens with one attached hydrogen (secondary N) is 2. The van der Waals surface area contributed by atoms with Crippen molar-refractivity contribution in [3.63, 3.8) is 0 Å². The number of nitro groups is 1. The molecule has 0 aromatic heterocycles. The first kappa shape index (κ1) is 16.9. The van der Waals surface area contributed by atoms with Crippen molar-refractivity contribution < 1.29 is 14.5 Å². The van der Waals surface area contributed by atoms with Crippen LogP contribution in [-0.2, 0) is 4.79 Å². The van der Waals surface area contributed by atoms with Crippen LogP contribution >= 0.6 is 0 Å². The van der Waals surface area contributed by atoms with Crippen molar-refractivity contribution >= 4 is 34.6 Å². The molecular weight excluding hydrogens is 312 g/mol. The number of rotatable bonds is 4. The smallest absolute Gasteiger partial charge is 0.292 e. The maximum absolute atomic E-state index is 12.3. The van der Waals surface area contributed by atoms with Crippen LogP contribution in [0.1, 0.15) is 22.8 Å². The number of benzene rings is 2. The van der Waals surface area contributed by atoms with Gasteiger partial charge in [0, 0.05) is 29.9 Å². The molecule has 0 aliphatic rings. The SMILES string of the molecule is CC(=O)Nc1cccc(NC(=O)c2ccc(N)c([N+](=O)[O-])c2)c1C. The molecule has 0 aliphatic heterocycles. The Morgan fingerprint density at radius 1 is 1.12 bits per heavy atom. The van der Waals surface area contributed by atoms with E-state index >= 15 is 0 Å². The van der Waals surface area contributed by atoms with E-state index in [4.69, 9.17) is 5.73 Å². The summed E-state index contributed by atoms with van der Waals surface area (Å²) in [6.07, 6.45) is 0. The van der Waals surface area contributed by atoms with E-state index in [0.29, 0.717) is 16.9 Å². The fraction of sp³-hybridized carbons (Fsp3) is 0.125. The minimum Gasteiger partial charge on any atom is -0.393 e. The summed E-state index contributed by atoms with van der Waals surface area (Å²) in [6, 6.07) is 8.90. The lowest BCUT2D eigenvalue weighted by Crippen LogP contribution is -2.14. The first-order chi connectivity index (χ1) is 11.3. The van der Waals surface area contributed by atoms with Gasteiger partial charge in [0.05, 0.1) is 4.92 Å². The molecule has 2 amide bonds. The zero-order valence-corrected chi connectivity index (χ0v) is 13.1. The van der Waals surface area contributed by atoms with Crippen LogP contribution in [0.3, 0.4) is 0 Å². The zero-order valence-electron chi connectivity index (χ0n) is 13.1. The Morgan fingerprint density at radius 3 is 2.33 bits per heavy atom. The van der Waals surface area contributed by atoms with Gasteiger partial charge in [-0.15, -0.1) is 0 Å². The van der Waals surface area contributed by atoms with E-state index < -0.39 is 10.8 Å². The van der Waals surface area contributed by atoms with Gasteiger partial charge in [0.25, 0.3) is 11.6 Å². The molecule has 0 fully saturated rings. The second kappa shape index (κ2) is 6.78. The van der Waals surface area contributed by atoms with Crippen LogP contribution in [0, 0.1) is 17.0 Å². The second-order valence-corrected chi connectivity index (χ2v) is 5.14. The maximum Gasteiger partial charge on any atom is 0.292 e. The van der Waals surface area contributed by atoms with Crippen LogP contribution in [0.5, 0.6) is 0 Å². The molecule has 0 heterocycles. The number of nitrogens with zero attached hydrogens (tertiary/aromatic N) is 1. The molecule has 24 heavy (non-hydrogen) atoms. The van der Waals surface area contributed by atoms with Crippen LogP contribution in [-0.4, -0.2) is 16.7 Å². The average Bonchev–Trinajstić information content (AvgIpc) is 2.50. The van der Waals surface area contributed by atoms with Crippen molar-refractivity contribution in [3.8, 4) is 0 Å². The van der Waals surface area contributed by atoms with Crippen LogP contribution in [0.25, 0.3) is 0 Å². The average molecular weight is 328 g/mol. The Balaban J connectivity index is 2.29. The van der Waals surface area contributed by atoms with Gasteiger partial charge in [0.2, 0.25) is 5.91 Å². The Hall–Kier alpha value is -3.42. The Bertz CT molecular complexity index is 833. The quantitative estimate of drug-likeness (QED) is 0.451. The van der Waals surface area contributed by atoms with Gasteiger partial charge in [-0.25, -0.2) is 0 Å². The van der Waals surface area contributed by atoms with E-state index in [1.165, 1.54) is 19.1 Å². The normalized spacial score (nSPS) is 10.1. The van der Waals surface area contributed by atoms with Crippen LogP contribution < -0.4 is 16.4 Å². The lowest BCUT2D eigenvalue weighted by molar-refractivity contribution is -0.383. The predicted octanol–water partition coefficient (Wildman–Crippen LogP) is 2.70. The summed E-state index contributed by atoms with van der Waals surface area (Å²) in [4.78, 5) is 33.8. The number of hydrogen-bond donors (Lipinski definition) is 3. The minimum atomic E-state index is -0.644. The first-order valence-corrected chi connectivity index (χ1v) is 7.02. The summed E-state index contributed by atoms with van der Waals surface area (Å²) in [5.74, 6) is -0.739. The molecule has 8 nitrogen and oxygen atoms in total. The van der Waals surface area contributed by atoms with E-state index in [9.17, 15) is 19.7 Å². The molecule has 0 atom stereocenters. The van der Waals surface area contributed by atoms with Gasteiger partial charge in [-0.2, -0.15) is 0 Å². The standard InChI is InChI=1S/C16H16N4O4/c1-9-13(18-10(2)21)4-3-5-14(9)19-16(22)11-6-7-12(17)15(8-11)20(23)24/h3-8H,17H2,1-2H3,(H,18,21)(H,19,22). The van der Waals surface area contributed by atoms with Crippen molar-refractivity contribution in [1.29, 1.82) is 0 Å². The zero-order chi connectivity index (χ0) is 17.9. The third-order valence-electron chi connectivity index (χ3n) is 3.38. The van der Waals surface area contributed by atoms with Crippen molar-refractivity contribution in [1.82, 2.24) is 0 Å². The highest BCUT2D eigenvalue weighted by atomic mass is 16.6. The lowest BCUT2D eigenvalue weighted by Gasteiger charge is -2.13. The number of nitrogens with two attached hydrogens (primary N) is 1. The number of amides is 2. The topological polar surface area (TPSA) is 127 Å². The summed E-state index contributed by atoms with van der Waals surface area (Å²) < 4.78 is 0. The molecule has 124 valence electrons. The number of nitro benzene ring substituents is 1. The molecule has 2 rings (SSSR count). The van der Waals surface area contributed by atoms with Crippen LogP contribution in [0.4, 0.5) is 22.7 Å². The molecule has 0 aliphatic carbocycles. The van der Waals surface area contributed by atoms with E-state index in [1.807, 2.05) is 0 Å². The fourth-order valence-electron chi connectivity index (χ4n) is 2.13. The molecule has 8 heteroatoms. The summed E-state index contributed by atoms with van der Waals surface area (Å²) in [6.45, 7) is 3.13. The molecule has 0 saturated carbocycles. The van der Waals surface area contributed by atoms with Gasteiger partial charge < -0.3 is 16.4 Å². The van der Waals surface area contributed by atoms with Crippen molar-refractivity contribution in [2.45, 2.75) is 13.8 Å². The van der Waals surface area contributed by atoms with Gasteiger partial charge in [0.1, 0.15) is 5.69 Å². The Morgan fingerprint density at radius 2 is 1.75 bits per heavy atom. The Labute approximate surface area is 137 Å². The largest absolute Gasteiger partial charge is 0.393 e. The fourth-order valence-corrected chi connectivity index (χ4v) is 2.13. The third-order valence-corrected chi connectivity index (χ3v) is 3.38. The maximum atomic E-state index is 12.3. The van der Waals surface area contributed by atoms with E-state index in [1.54, 1.807) is 25.1 Å². The summed E-state index contributed by atoms with van der Waals surface area (Å²) in [7, 11) is 0. The molecule has 0 spiro atoms. The molecule has 2 aromatic carbocycles. The summed E-state index contributed by atoms with van der Waals surface area (Å²) in [5, 5.41) is 16.2. The van der Waals surface area contributed by atoms with Crippen LogP contribution in [0.15, 0.2) is 36.4 Å². The summed E-state index contributed by atoms with van der Waals surface area (Å²) in [5.41, 5.74) is 7.03. The van der Waals surface area contributed by atoms with Gasteiger partial charge in [0.15, 0.2) is 0 Å². The van der Waals surface area contributed by atoms with E-state index in [-0.39, 0.29) is 22.8 Å². The Kier molecular flexibility index (Phi) is 4.78. The minimum absolute atomic E-state index is 0.0135. The number of anilines is 3. The first-order valence-electron chi connectivity index (χ1n) is 7.02. The highest BCUT2D eigenvalue weighted by Crippen LogP contribution is 2.26.